The summed E-state index contributed by atoms with van der Waals surface area (Å²) in [5.41, 5.74) is 1.02. The minimum absolute atomic E-state index is 0.0115. The van der Waals surface area contributed by atoms with Crippen LogP contribution in [-0.2, 0) is 19.3 Å². The number of nitrogens with zero attached hydrogens (tertiary/aromatic N) is 4. The van der Waals surface area contributed by atoms with Gasteiger partial charge in [-0.3, -0.25) is 4.57 Å². The Hall–Kier alpha value is -2.92. The van der Waals surface area contributed by atoms with Gasteiger partial charge < -0.3 is 14.7 Å². The van der Waals surface area contributed by atoms with Crippen LogP contribution in [0.25, 0.3) is 0 Å². The number of fused-ring (bicyclic) bond motifs is 1. The summed E-state index contributed by atoms with van der Waals surface area (Å²) in [5, 5.41) is 10.7. The van der Waals surface area contributed by atoms with Crippen LogP contribution in [0.5, 0.6) is 5.75 Å². The predicted molar refractivity (Wildman–Crippen MR) is 118 cm³/mol. The number of anilines is 1. The van der Waals surface area contributed by atoms with Crippen molar-refractivity contribution in [3.05, 3.63) is 67.5 Å². The van der Waals surface area contributed by atoms with Crippen LogP contribution in [0.1, 0.15) is 46.7 Å². The molecule has 0 aliphatic carbocycles. The molecule has 1 aliphatic rings. The van der Waals surface area contributed by atoms with Crippen molar-refractivity contribution in [3.63, 3.8) is 0 Å². The molecule has 0 saturated carbocycles. The van der Waals surface area contributed by atoms with Crippen molar-refractivity contribution >= 4 is 17.3 Å². The molecule has 0 amide bonds. The normalized spacial score (nSPS) is 16.2. The number of aliphatic hydroxyl groups excluding tert-OH is 1. The van der Waals surface area contributed by atoms with Gasteiger partial charge in [-0.1, -0.05) is 6.07 Å². The molecular weight excluding hydrogens is 457 g/mol. The van der Waals surface area contributed by atoms with Gasteiger partial charge in [-0.05, 0) is 56.2 Å². The van der Waals surface area contributed by atoms with Crippen molar-refractivity contribution in [2.45, 2.75) is 52.2 Å². The van der Waals surface area contributed by atoms with E-state index in [9.17, 15) is 23.1 Å². The second-order valence-electron chi connectivity index (χ2n) is 8.13. The topological polar surface area (TPSA) is 80.5 Å². The lowest BCUT2D eigenvalue weighted by atomic mass is 9.97. The van der Waals surface area contributed by atoms with Gasteiger partial charge in [0.15, 0.2) is 0 Å². The molecular formula is C22H23F3N4O3S. The van der Waals surface area contributed by atoms with E-state index in [1.807, 2.05) is 32.0 Å². The van der Waals surface area contributed by atoms with E-state index < -0.39 is 22.8 Å². The number of aliphatic hydroxyl groups is 1. The fraction of sp³-hybridized carbons (Fsp3) is 0.409. The molecule has 33 heavy (non-hydrogen) atoms. The molecule has 1 aromatic carbocycles. The zero-order valence-electron chi connectivity index (χ0n) is 18.3. The Morgan fingerprint density at radius 1 is 1.24 bits per heavy atom. The Morgan fingerprint density at radius 3 is 2.64 bits per heavy atom. The second kappa shape index (κ2) is 8.79. The molecule has 1 unspecified atom stereocenters. The summed E-state index contributed by atoms with van der Waals surface area (Å²) in [6.07, 6.45) is -5.23. The van der Waals surface area contributed by atoms with Crippen LogP contribution >= 0.6 is 11.3 Å². The maximum absolute atomic E-state index is 12.9. The number of benzene rings is 1. The molecule has 0 saturated heterocycles. The Kier molecular flexibility index (Phi) is 6.19. The van der Waals surface area contributed by atoms with Gasteiger partial charge in [0, 0.05) is 11.4 Å². The molecule has 3 heterocycles. The average Bonchev–Trinajstić information content (AvgIpc) is 3.20. The van der Waals surface area contributed by atoms with Gasteiger partial charge in [0.05, 0.1) is 25.3 Å². The molecule has 2 aromatic heterocycles. The molecule has 176 valence electrons. The van der Waals surface area contributed by atoms with Gasteiger partial charge in [0.25, 0.3) is 0 Å². The number of thiophene rings is 1. The third kappa shape index (κ3) is 5.03. The number of β-amino-alcohol motifs (C(OH)–C–C–N with tert-alkyl or cyclic N) is 1. The van der Waals surface area contributed by atoms with E-state index >= 15 is 0 Å². The van der Waals surface area contributed by atoms with E-state index in [0.717, 1.165) is 17.2 Å². The molecule has 0 bridgehead atoms. The molecule has 3 aromatic rings. The van der Waals surface area contributed by atoms with Crippen molar-refractivity contribution in [2.24, 2.45) is 0 Å². The zero-order chi connectivity index (χ0) is 23.9. The highest BCUT2D eigenvalue weighted by Crippen LogP contribution is 2.35. The summed E-state index contributed by atoms with van der Waals surface area (Å²) >= 11 is 0.588. The molecule has 11 heteroatoms. The Morgan fingerprint density at radius 2 is 2.00 bits per heavy atom. The van der Waals surface area contributed by atoms with Crippen molar-refractivity contribution in [1.82, 2.24) is 14.5 Å². The standard InChI is InChI=1S/C22H23F3N4O3S/c1-12(2)32-15-5-4-14-9-28(11-18(30)17(14)8-15)20-26-13(3)29(21(31)27-20)10-16-6-7-19(33-16)22(23,24)25/h4-8,12,18,30H,9-11H2,1-3H3. The lowest BCUT2D eigenvalue weighted by Crippen LogP contribution is -2.38. The van der Waals surface area contributed by atoms with Gasteiger partial charge in [0.1, 0.15) is 16.5 Å². The van der Waals surface area contributed by atoms with E-state index in [1.165, 1.54) is 10.6 Å². The van der Waals surface area contributed by atoms with Crippen molar-refractivity contribution in [3.8, 4) is 5.75 Å². The number of aryl methyl sites for hydroxylation is 1. The van der Waals surface area contributed by atoms with Gasteiger partial charge in [-0.15, -0.1) is 11.3 Å². The number of rotatable bonds is 5. The number of alkyl halides is 3. The number of aromatic nitrogens is 3. The lowest BCUT2D eigenvalue weighted by molar-refractivity contribution is -0.134. The summed E-state index contributed by atoms with van der Waals surface area (Å²) in [5.74, 6) is 1.17. The maximum atomic E-state index is 12.9. The fourth-order valence-corrected chi connectivity index (χ4v) is 4.58. The van der Waals surface area contributed by atoms with Crippen LogP contribution in [-0.4, -0.2) is 32.3 Å². The third-order valence-corrected chi connectivity index (χ3v) is 6.33. The fourth-order valence-electron chi connectivity index (χ4n) is 3.71. The van der Waals surface area contributed by atoms with Crippen LogP contribution in [0, 0.1) is 6.92 Å². The van der Waals surface area contributed by atoms with E-state index in [4.69, 9.17) is 4.74 Å². The van der Waals surface area contributed by atoms with Crippen LogP contribution in [0.2, 0.25) is 0 Å². The number of hydrogen-bond acceptors (Lipinski definition) is 7. The maximum Gasteiger partial charge on any atom is 0.425 e. The van der Waals surface area contributed by atoms with Crippen LogP contribution < -0.4 is 15.3 Å². The highest BCUT2D eigenvalue weighted by atomic mass is 32.1. The minimum atomic E-state index is -4.42. The molecule has 1 aliphatic heterocycles. The quantitative estimate of drug-likeness (QED) is 0.597. The molecule has 7 nitrogen and oxygen atoms in total. The van der Waals surface area contributed by atoms with Gasteiger partial charge in [-0.25, -0.2) is 4.79 Å². The Balaban J connectivity index is 1.56. The highest BCUT2D eigenvalue weighted by Gasteiger charge is 2.32. The zero-order valence-corrected chi connectivity index (χ0v) is 19.1. The van der Waals surface area contributed by atoms with Crippen LogP contribution in [0.4, 0.5) is 19.1 Å². The van der Waals surface area contributed by atoms with E-state index in [-0.39, 0.29) is 25.1 Å². The van der Waals surface area contributed by atoms with E-state index in [2.05, 4.69) is 9.97 Å². The van der Waals surface area contributed by atoms with Crippen LogP contribution in [0.15, 0.2) is 35.1 Å². The molecule has 0 spiro atoms. The Bertz CT molecular complexity index is 1220. The monoisotopic (exact) mass is 480 g/mol. The predicted octanol–water partition coefficient (Wildman–Crippen LogP) is 3.92. The van der Waals surface area contributed by atoms with Gasteiger partial charge in [-0.2, -0.15) is 23.1 Å². The first-order valence-corrected chi connectivity index (χ1v) is 11.2. The molecule has 0 radical (unpaired) electrons. The Labute approximate surface area is 192 Å². The number of hydrogen-bond donors (Lipinski definition) is 1. The first kappa shape index (κ1) is 23.2. The first-order valence-electron chi connectivity index (χ1n) is 10.3. The summed E-state index contributed by atoms with van der Waals surface area (Å²) in [6, 6.07) is 7.86. The second-order valence-corrected chi connectivity index (χ2v) is 9.30. The smallest absolute Gasteiger partial charge is 0.425 e. The number of halogens is 3. The summed E-state index contributed by atoms with van der Waals surface area (Å²) in [4.78, 5) is 22.5. The van der Waals surface area contributed by atoms with Gasteiger partial charge >= 0.3 is 11.9 Å². The van der Waals surface area contributed by atoms with E-state index in [0.29, 0.717) is 34.3 Å². The first-order chi connectivity index (χ1) is 15.5. The molecule has 4 rings (SSSR count). The van der Waals surface area contributed by atoms with Gasteiger partial charge in [0.2, 0.25) is 5.95 Å². The van der Waals surface area contributed by atoms with Crippen molar-refractivity contribution < 1.29 is 23.0 Å². The average molecular weight is 481 g/mol. The SMILES string of the molecule is Cc1nc(N2Cc3ccc(OC(C)C)cc3C(O)C2)nc(=O)n1Cc1ccc(C(F)(F)F)s1. The molecule has 1 atom stereocenters. The molecule has 1 N–H and O–H groups in total. The summed E-state index contributed by atoms with van der Waals surface area (Å²) in [7, 11) is 0. The van der Waals surface area contributed by atoms with Crippen molar-refractivity contribution in [1.29, 1.82) is 0 Å². The highest BCUT2D eigenvalue weighted by molar-refractivity contribution is 7.12. The lowest BCUT2D eigenvalue weighted by Gasteiger charge is -2.32. The molecule has 0 fully saturated rings. The largest absolute Gasteiger partial charge is 0.491 e. The van der Waals surface area contributed by atoms with Crippen LogP contribution in [0.3, 0.4) is 0 Å². The third-order valence-electron chi connectivity index (χ3n) is 5.22. The summed E-state index contributed by atoms with van der Waals surface area (Å²) < 4.78 is 45.5. The number of ether oxygens (including phenoxy) is 1. The van der Waals surface area contributed by atoms with Crippen molar-refractivity contribution in [2.75, 3.05) is 11.4 Å². The summed E-state index contributed by atoms with van der Waals surface area (Å²) in [6.45, 7) is 6.00. The minimum Gasteiger partial charge on any atom is -0.491 e. The van der Waals surface area contributed by atoms with E-state index in [1.54, 1.807) is 11.8 Å².